The summed E-state index contributed by atoms with van der Waals surface area (Å²) in [7, 11) is 0.0559. The fourth-order valence-corrected chi connectivity index (χ4v) is 3.95. The molecular formula is C19H30N2O5S. The maximum Gasteiger partial charge on any atom is 0.223 e. The van der Waals surface area contributed by atoms with E-state index in [1.54, 1.807) is 14.2 Å². The van der Waals surface area contributed by atoms with Gasteiger partial charge in [0.15, 0.2) is 11.5 Å². The highest BCUT2D eigenvalue weighted by Crippen LogP contribution is 2.29. The zero-order valence-electron chi connectivity index (χ0n) is 16.3. The third-order valence-electron chi connectivity index (χ3n) is 5.01. The molecule has 0 saturated heterocycles. The number of nitrogens with one attached hydrogen (secondary N) is 2. The molecule has 0 atom stereocenters. The van der Waals surface area contributed by atoms with Crippen LogP contribution in [0.25, 0.3) is 0 Å². The van der Waals surface area contributed by atoms with Crippen molar-refractivity contribution in [2.24, 2.45) is 11.8 Å². The first-order chi connectivity index (χ1) is 12.8. The topological polar surface area (TPSA) is 93.7 Å². The molecule has 1 aromatic carbocycles. The summed E-state index contributed by atoms with van der Waals surface area (Å²) >= 11 is 0. The van der Waals surface area contributed by atoms with E-state index in [1.165, 1.54) is 6.26 Å². The molecule has 0 unspecified atom stereocenters. The van der Waals surface area contributed by atoms with Gasteiger partial charge in [0.2, 0.25) is 15.9 Å². The van der Waals surface area contributed by atoms with Gasteiger partial charge in [-0.2, -0.15) is 0 Å². The second kappa shape index (κ2) is 9.94. The lowest BCUT2D eigenvalue weighted by Crippen LogP contribution is -2.36. The lowest BCUT2D eigenvalue weighted by atomic mass is 9.81. The molecule has 1 amide bonds. The van der Waals surface area contributed by atoms with E-state index in [9.17, 15) is 13.2 Å². The lowest BCUT2D eigenvalue weighted by molar-refractivity contribution is -0.126. The molecule has 0 spiro atoms. The van der Waals surface area contributed by atoms with Gasteiger partial charge in [-0.25, -0.2) is 13.1 Å². The Balaban J connectivity index is 1.72. The van der Waals surface area contributed by atoms with E-state index in [0.29, 0.717) is 30.5 Å². The van der Waals surface area contributed by atoms with Crippen molar-refractivity contribution in [1.82, 2.24) is 10.0 Å². The van der Waals surface area contributed by atoms with Gasteiger partial charge in [0, 0.05) is 19.0 Å². The van der Waals surface area contributed by atoms with Crippen LogP contribution in [0.4, 0.5) is 0 Å². The van der Waals surface area contributed by atoms with Crippen molar-refractivity contribution in [2.45, 2.75) is 32.1 Å². The van der Waals surface area contributed by atoms with Crippen LogP contribution in [0.1, 0.15) is 31.2 Å². The molecule has 2 rings (SSSR count). The number of carbonyl (C=O) groups is 1. The summed E-state index contributed by atoms with van der Waals surface area (Å²) in [6, 6.07) is 5.75. The second-order valence-electron chi connectivity index (χ2n) is 7.07. The Morgan fingerprint density at radius 1 is 1.11 bits per heavy atom. The molecule has 27 heavy (non-hydrogen) atoms. The summed E-state index contributed by atoms with van der Waals surface area (Å²) in [5, 5.41) is 3.02. The SMILES string of the molecule is COc1ccc(CCNC(=O)C2CCC(CNS(C)(=O)=O)CC2)cc1OC. The summed E-state index contributed by atoms with van der Waals surface area (Å²) in [5.74, 6) is 1.79. The molecule has 7 nitrogen and oxygen atoms in total. The number of methoxy groups -OCH3 is 2. The summed E-state index contributed by atoms with van der Waals surface area (Å²) < 4.78 is 35.4. The predicted molar refractivity (Wildman–Crippen MR) is 105 cm³/mol. The van der Waals surface area contributed by atoms with Gasteiger partial charge in [0.05, 0.1) is 20.5 Å². The first kappa shape index (κ1) is 21.5. The Bertz CT molecular complexity index is 728. The van der Waals surface area contributed by atoms with Gasteiger partial charge < -0.3 is 14.8 Å². The van der Waals surface area contributed by atoms with Crippen LogP contribution in [0, 0.1) is 11.8 Å². The van der Waals surface area contributed by atoms with Gasteiger partial charge >= 0.3 is 0 Å². The molecule has 0 aliphatic heterocycles. The van der Waals surface area contributed by atoms with Crippen molar-refractivity contribution < 1.29 is 22.7 Å². The van der Waals surface area contributed by atoms with Crippen molar-refractivity contribution >= 4 is 15.9 Å². The summed E-state index contributed by atoms with van der Waals surface area (Å²) in [6.07, 6.45) is 5.24. The van der Waals surface area contributed by atoms with Crippen LogP contribution in [0.2, 0.25) is 0 Å². The molecule has 1 aromatic rings. The maximum atomic E-state index is 12.4. The predicted octanol–water partition coefficient (Wildman–Crippen LogP) is 1.72. The minimum Gasteiger partial charge on any atom is -0.493 e. The second-order valence-corrected chi connectivity index (χ2v) is 8.90. The summed E-state index contributed by atoms with van der Waals surface area (Å²) in [6.45, 7) is 1.04. The molecule has 1 saturated carbocycles. The Morgan fingerprint density at radius 3 is 2.37 bits per heavy atom. The van der Waals surface area contributed by atoms with E-state index < -0.39 is 10.0 Å². The number of ether oxygens (including phenoxy) is 2. The van der Waals surface area contributed by atoms with Gasteiger partial charge in [-0.3, -0.25) is 4.79 Å². The van der Waals surface area contributed by atoms with Crippen molar-refractivity contribution in [1.29, 1.82) is 0 Å². The molecule has 0 aromatic heterocycles. The van der Waals surface area contributed by atoms with Crippen LogP contribution >= 0.6 is 0 Å². The zero-order chi connectivity index (χ0) is 19.9. The van der Waals surface area contributed by atoms with Gasteiger partial charge in [0.25, 0.3) is 0 Å². The van der Waals surface area contributed by atoms with Crippen LogP contribution in [-0.2, 0) is 21.2 Å². The van der Waals surface area contributed by atoms with Crippen LogP contribution in [0.15, 0.2) is 18.2 Å². The Labute approximate surface area is 161 Å². The summed E-state index contributed by atoms with van der Waals surface area (Å²) in [4.78, 5) is 12.4. The fourth-order valence-electron chi connectivity index (χ4n) is 3.41. The highest BCUT2D eigenvalue weighted by Gasteiger charge is 2.26. The van der Waals surface area contributed by atoms with Gasteiger partial charge in [-0.15, -0.1) is 0 Å². The van der Waals surface area contributed by atoms with Crippen molar-refractivity contribution in [3.05, 3.63) is 23.8 Å². The summed E-state index contributed by atoms with van der Waals surface area (Å²) in [5.41, 5.74) is 1.07. The normalized spacial score (nSPS) is 20.1. The van der Waals surface area contributed by atoms with E-state index in [2.05, 4.69) is 10.0 Å². The van der Waals surface area contributed by atoms with Gasteiger partial charge in [0.1, 0.15) is 0 Å². The van der Waals surface area contributed by atoms with E-state index in [-0.39, 0.29) is 11.8 Å². The fraction of sp³-hybridized carbons (Fsp3) is 0.632. The van der Waals surface area contributed by atoms with Gasteiger partial charge in [-0.05, 0) is 55.7 Å². The molecule has 1 aliphatic carbocycles. The van der Waals surface area contributed by atoms with Crippen LogP contribution in [-0.4, -0.2) is 47.9 Å². The Hall–Kier alpha value is -1.80. The molecule has 0 heterocycles. The first-order valence-corrected chi connectivity index (χ1v) is 11.1. The van der Waals surface area contributed by atoms with Crippen molar-refractivity contribution in [3.63, 3.8) is 0 Å². The molecule has 1 aliphatic rings. The highest BCUT2D eigenvalue weighted by atomic mass is 32.2. The first-order valence-electron chi connectivity index (χ1n) is 9.25. The van der Waals surface area contributed by atoms with E-state index in [0.717, 1.165) is 37.7 Å². The van der Waals surface area contributed by atoms with E-state index >= 15 is 0 Å². The minimum absolute atomic E-state index is 0.0184. The average molecular weight is 399 g/mol. The Morgan fingerprint density at radius 2 is 1.78 bits per heavy atom. The molecular weight excluding hydrogens is 368 g/mol. The number of hydrogen-bond acceptors (Lipinski definition) is 5. The Kier molecular flexibility index (Phi) is 7.91. The molecule has 0 radical (unpaired) electrons. The smallest absolute Gasteiger partial charge is 0.223 e. The van der Waals surface area contributed by atoms with Crippen LogP contribution < -0.4 is 19.5 Å². The highest BCUT2D eigenvalue weighted by molar-refractivity contribution is 7.88. The van der Waals surface area contributed by atoms with E-state index in [4.69, 9.17) is 9.47 Å². The lowest BCUT2D eigenvalue weighted by Gasteiger charge is -2.27. The minimum atomic E-state index is -3.15. The van der Waals surface area contributed by atoms with Crippen LogP contribution in [0.5, 0.6) is 11.5 Å². The number of rotatable bonds is 9. The third kappa shape index (κ3) is 7.03. The van der Waals surface area contributed by atoms with E-state index in [1.807, 2.05) is 18.2 Å². The number of hydrogen-bond donors (Lipinski definition) is 2. The molecule has 8 heteroatoms. The quantitative estimate of drug-likeness (QED) is 0.661. The molecule has 152 valence electrons. The largest absolute Gasteiger partial charge is 0.493 e. The molecule has 2 N–H and O–H groups in total. The monoisotopic (exact) mass is 398 g/mol. The zero-order valence-corrected chi connectivity index (χ0v) is 17.1. The third-order valence-corrected chi connectivity index (χ3v) is 5.70. The van der Waals surface area contributed by atoms with Crippen molar-refractivity contribution in [2.75, 3.05) is 33.6 Å². The number of carbonyl (C=O) groups excluding carboxylic acids is 1. The number of sulfonamides is 1. The number of amides is 1. The van der Waals surface area contributed by atoms with Crippen LogP contribution in [0.3, 0.4) is 0 Å². The standard InChI is InChI=1S/C19H30N2O5S/c1-25-17-9-6-14(12-18(17)26-2)10-11-20-19(22)16-7-4-15(5-8-16)13-21-27(3,23)24/h6,9,12,15-16,21H,4-5,7-8,10-11,13H2,1-3H3,(H,20,22). The number of benzene rings is 1. The average Bonchev–Trinajstić information content (AvgIpc) is 2.66. The maximum absolute atomic E-state index is 12.4. The molecule has 0 bridgehead atoms. The molecule has 1 fully saturated rings. The van der Waals surface area contributed by atoms with Crippen molar-refractivity contribution in [3.8, 4) is 11.5 Å². The van der Waals surface area contributed by atoms with Gasteiger partial charge in [-0.1, -0.05) is 6.07 Å².